The van der Waals surface area contributed by atoms with Crippen LogP contribution in [-0.4, -0.2) is 34.0 Å². The van der Waals surface area contributed by atoms with Crippen molar-refractivity contribution in [2.75, 3.05) is 23.3 Å². The lowest BCUT2D eigenvalue weighted by atomic mass is 10.2. The predicted octanol–water partition coefficient (Wildman–Crippen LogP) is 6.41. The van der Waals surface area contributed by atoms with Crippen LogP contribution in [0.5, 0.6) is 5.75 Å². The van der Waals surface area contributed by atoms with E-state index < -0.39 is 16.0 Å². The molecule has 0 radical (unpaired) electrons. The average Bonchev–Trinajstić information content (AvgIpc) is 3.43. The van der Waals surface area contributed by atoms with Crippen molar-refractivity contribution in [3.63, 3.8) is 0 Å². The van der Waals surface area contributed by atoms with E-state index in [0.717, 1.165) is 21.2 Å². The van der Waals surface area contributed by atoms with Crippen LogP contribution in [0.1, 0.15) is 20.8 Å². The Kier molecular flexibility index (Phi) is 8.56. The summed E-state index contributed by atoms with van der Waals surface area (Å²) in [4.78, 5) is 25.1. The van der Waals surface area contributed by atoms with Crippen LogP contribution in [-0.2, 0) is 26.1 Å². The maximum atomic E-state index is 13.7. The molecule has 1 aromatic heterocycles. The first-order chi connectivity index (χ1) is 20.2. The largest absolute Gasteiger partial charge is 0.484 e. The first kappa shape index (κ1) is 28.8. The maximum absolute atomic E-state index is 13.7. The fourth-order valence-corrected chi connectivity index (χ4v) is 6.69. The number of aryl methyl sites for hydroxylation is 1. The second kappa shape index (κ2) is 12.5. The number of thiophene rings is 1. The topological polar surface area (TPSA) is 102 Å². The summed E-state index contributed by atoms with van der Waals surface area (Å²) in [5, 5.41) is 3.61. The average molecular weight is 601 g/mol. The number of hydrogen-bond donors (Lipinski definition) is 1. The van der Waals surface area contributed by atoms with Crippen LogP contribution in [0.15, 0.2) is 108 Å². The summed E-state index contributed by atoms with van der Waals surface area (Å²) in [5.41, 5.74) is 2.84. The molecule has 0 aliphatic rings. The van der Waals surface area contributed by atoms with Gasteiger partial charge in [0.1, 0.15) is 10.6 Å². The number of rotatable bonds is 10. The van der Waals surface area contributed by atoms with Crippen LogP contribution < -0.4 is 14.4 Å². The van der Waals surface area contributed by atoms with Crippen molar-refractivity contribution >= 4 is 54.7 Å². The number of benzene rings is 4. The van der Waals surface area contributed by atoms with Crippen LogP contribution in [0, 0.1) is 6.92 Å². The molecule has 0 bridgehead atoms. The molecule has 0 aliphatic carbocycles. The Hall–Kier alpha value is -4.67. The van der Waals surface area contributed by atoms with Crippen molar-refractivity contribution in [3.8, 4) is 5.75 Å². The first-order valence-electron chi connectivity index (χ1n) is 13.0. The number of esters is 1. The molecule has 1 N–H and O–H groups in total. The molecule has 0 saturated heterocycles. The van der Waals surface area contributed by atoms with Gasteiger partial charge in [0.2, 0.25) is 0 Å². The molecule has 4 aromatic carbocycles. The molecular formula is C32H28N2O6S2. The van der Waals surface area contributed by atoms with Crippen LogP contribution in [0.4, 0.5) is 11.4 Å². The Balaban J connectivity index is 1.27. The van der Waals surface area contributed by atoms with Crippen molar-refractivity contribution in [3.05, 3.63) is 119 Å². The highest BCUT2D eigenvalue weighted by atomic mass is 32.2. The number of ether oxygens (including phenoxy) is 2. The highest BCUT2D eigenvalue weighted by Gasteiger charge is 2.25. The number of carbonyl (C=O) groups is 2. The minimum absolute atomic E-state index is 0.148. The first-order valence-corrected chi connectivity index (χ1v) is 15.3. The van der Waals surface area contributed by atoms with Gasteiger partial charge in [0.25, 0.3) is 15.9 Å². The zero-order chi connectivity index (χ0) is 29.7. The van der Waals surface area contributed by atoms with E-state index in [0.29, 0.717) is 22.0 Å². The molecule has 1 amide bonds. The zero-order valence-electron chi connectivity index (χ0n) is 22.9. The summed E-state index contributed by atoms with van der Waals surface area (Å²) in [6.07, 6.45) is 0. The van der Waals surface area contributed by atoms with Gasteiger partial charge < -0.3 is 14.8 Å². The number of nitrogens with one attached hydrogen (secondary N) is 1. The normalized spacial score (nSPS) is 11.2. The fraction of sp³-hybridized carbons (Fsp3) is 0.125. The predicted molar refractivity (Wildman–Crippen MR) is 165 cm³/mol. The quantitative estimate of drug-likeness (QED) is 0.186. The number of fused-ring (bicyclic) bond motifs is 1. The molecule has 8 nitrogen and oxygen atoms in total. The van der Waals surface area contributed by atoms with Crippen LogP contribution in [0.3, 0.4) is 0 Å². The number of anilines is 2. The molecule has 0 unspecified atom stereocenters. The third kappa shape index (κ3) is 6.62. The van der Waals surface area contributed by atoms with Crippen LogP contribution in [0.25, 0.3) is 10.1 Å². The summed E-state index contributed by atoms with van der Waals surface area (Å²) >= 11 is 1.32. The van der Waals surface area contributed by atoms with Crippen molar-refractivity contribution in [2.45, 2.75) is 18.4 Å². The van der Waals surface area contributed by atoms with Gasteiger partial charge in [0, 0.05) is 10.4 Å². The fourth-order valence-electron chi connectivity index (χ4n) is 4.28. The van der Waals surface area contributed by atoms with Gasteiger partial charge in [-0.05, 0) is 78.5 Å². The van der Waals surface area contributed by atoms with E-state index in [-0.39, 0.29) is 24.0 Å². The number of hydrogen-bond acceptors (Lipinski definition) is 7. The number of carbonyl (C=O) groups excluding carboxylic acids is 2. The second-order valence-electron chi connectivity index (χ2n) is 9.50. The van der Waals surface area contributed by atoms with Gasteiger partial charge in [-0.1, -0.05) is 48.0 Å². The lowest BCUT2D eigenvalue weighted by molar-refractivity contribution is -0.118. The van der Waals surface area contributed by atoms with Gasteiger partial charge in [-0.2, -0.15) is 0 Å². The second-order valence-corrected chi connectivity index (χ2v) is 12.4. The molecule has 10 heteroatoms. The summed E-state index contributed by atoms with van der Waals surface area (Å²) < 4.78 is 40.1. The Bertz CT molecular complexity index is 1820. The summed E-state index contributed by atoms with van der Waals surface area (Å²) in [7, 11) is -2.53. The Morgan fingerprint density at radius 3 is 2.29 bits per heavy atom. The SMILES string of the molecule is COC(=O)c1cc2cc(NC(=O)COc3ccc(N(Cc4ccccc4)S(=O)(=O)c4ccc(C)cc4)cc3)ccc2s1. The molecule has 5 rings (SSSR count). The van der Waals surface area contributed by atoms with Crippen LogP contribution in [0.2, 0.25) is 0 Å². The van der Waals surface area contributed by atoms with Crippen LogP contribution >= 0.6 is 11.3 Å². The van der Waals surface area contributed by atoms with E-state index in [2.05, 4.69) is 5.32 Å². The van der Waals surface area contributed by atoms with E-state index in [9.17, 15) is 18.0 Å². The molecule has 42 heavy (non-hydrogen) atoms. The molecule has 0 aliphatic heterocycles. The molecule has 0 spiro atoms. The third-order valence-electron chi connectivity index (χ3n) is 6.46. The van der Waals surface area contributed by atoms with Gasteiger partial charge in [-0.3, -0.25) is 9.10 Å². The van der Waals surface area contributed by atoms with Gasteiger partial charge in [0.05, 0.1) is 24.2 Å². The minimum Gasteiger partial charge on any atom is -0.484 e. The molecule has 214 valence electrons. The van der Waals surface area contributed by atoms with E-state index in [1.165, 1.54) is 22.8 Å². The van der Waals surface area contributed by atoms with Crippen molar-refractivity contribution < 1.29 is 27.5 Å². The summed E-state index contributed by atoms with van der Waals surface area (Å²) in [5.74, 6) is -0.357. The van der Waals surface area contributed by atoms with Gasteiger partial charge >= 0.3 is 5.97 Å². The van der Waals surface area contributed by atoms with Gasteiger partial charge in [-0.25, -0.2) is 13.2 Å². The summed E-state index contributed by atoms with van der Waals surface area (Å²) in [6.45, 7) is 1.81. The maximum Gasteiger partial charge on any atom is 0.348 e. The highest BCUT2D eigenvalue weighted by molar-refractivity contribution is 7.92. The highest BCUT2D eigenvalue weighted by Crippen LogP contribution is 2.30. The Morgan fingerprint density at radius 2 is 1.60 bits per heavy atom. The van der Waals surface area contributed by atoms with Crippen molar-refractivity contribution in [2.24, 2.45) is 0 Å². The molecule has 0 atom stereocenters. The number of amides is 1. The van der Waals surface area contributed by atoms with E-state index >= 15 is 0 Å². The molecular weight excluding hydrogens is 572 g/mol. The Labute approximate surface area is 248 Å². The lowest BCUT2D eigenvalue weighted by Crippen LogP contribution is -2.30. The van der Waals surface area contributed by atoms with Crippen molar-refractivity contribution in [1.82, 2.24) is 0 Å². The molecule has 0 fully saturated rings. The molecule has 0 saturated carbocycles. The molecule has 1 heterocycles. The smallest absolute Gasteiger partial charge is 0.348 e. The standard InChI is InChI=1S/C32H28N2O6S2/c1-22-8-15-28(16-9-22)42(37,38)34(20-23-6-4-3-5-7-23)26-11-13-27(14-12-26)40-21-31(35)33-25-10-17-29-24(18-25)19-30(41-29)32(36)39-2/h3-19H,20-21H2,1-2H3,(H,33,35). The Morgan fingerprint density at radius 1 is 0.881 bits per heavy atom. The van der Waals surface area contributed by atoms with Crippen molar-refractivity contribution in [1.29, 1.82) is 0 Å². The minimum atomic E-state index is -3.86. The number of methoxy groups -OCH3 is 1. The van der Waals surface area contributed by atoms with Gasteiger partial charge in [-0.15, -0.1) is 11.3 Å². The van der Waals surface area contributed by atoms with E-state index in [4.69, 9.17) is 9.47 Å². The number of sulfonamides is 1. The lowest BCUT2D eigenvalue weighted by Gasteiger charge is -2.25. The number of nitrogens with zero attached hydrogens (tertiary/aromatic N) is 1. The third-order valence-corrected chi connectivity index (χ3v) is 9.34. The van der Waals surface area contributed by atoms with Gasteiger partial charge in [0.15, 0.2) is 6.61 Å². The van der Waals surface area contributed by atoms with E-state index in [1.807, 2.05) is 43.3 Å². The summed E-state index contributed by atoms with van der Waals surface area (Å²) in [6, 6.07) is 29.8. The monoisotopic (exact) mass is 600 g/mol. The zero-order valence-corrected chi connectivity index (χ0v) is 24.6. The van der Waals surface area contributed by atoms with E-state index in [1.54, 1.807) is 66.7 Å². The molecule has 5 aromatic rings.